The predicted molar refractivity (Wildman–Crippen MR) is 64.3 cm³/mol. The highest BCUT2D eigenvalue weighted by Crippen LogP contribution is 2.32. The molecule has 0 spiro atoms. The van der Waals surface area contributed by atoms with Crippen LogP contribution in [0, 0.1) is 11.8 Å². The summed E-state index contributed by atoms with van der Waals surface area (Å²) in [7, 11) is 0. The molecule has 1 aromatic rings. The fraction of sp³-hybridized carbons (Fsp3) is 0.571. The number of aliphatic hydroxyl groups is 1. The molecule has 16 heavy (non-hydrogen) atoms. The third-order valence-electron chi connectivity index (χ3n) is 3.71. The molecule has 1 aliphatic rings. The molecule has 88 valence electrons. The first-order chi connectivity index (χ1) is 7.79. The Hall–Kier alpha value is -1.02. The van der Waals surface area contributed by atoms with Gasteiger partial charge in [-0.3, -0.25) is 0 Å². The summed E-state index contributed by atoms with van der Waals surface area (Å²) in [6.45, 7) is 0.309. The van der Waals surface area contributed by atoms with Crippen LogP contribution in [0.25, 0.3) is 0 Å². The Kier molecular flexibility index (Phi) is 3.83. The summed E-state index contributed by atoms with van der Waals surface area (Å²) in [5.41, 5.74) is 1.19. The van der Waals surface area contributed by atoms with Gasteiger partial charge in [0.2, 0.25) is 0 Å². The topological polar surface area (TPSA) is 40.5 Å². The predicted octanol–water partition coefficient (Wildman–Crippen LogP) is 2.73. The van der Waals surface area contributed by atoms with Crippen LogP contribution in [0.3, 0.4) is 0 Å². The second-order valence-electron chi connectivity index (χ2n) is 4.86. The molecule has 1 saturated carbocycles. The third-order valence-corrected chi connectivity index (χ3v) is 3.71. The molecule has 1 aromatic carbocycles. The van der Waals surface area contributed by atoms with E-state index in [0.29, 0.717) is 24.2 Å². The fourth-order valence-electron chi connectivity index (χ4n) is 2.78. The average Bonchev–Trinajstić information content (AvgIpc) is 2.30. The Bertz CT molecular complexity index is 335. The Labute approximate surface area is 96.9 Å². The number of phenolic OH excluding ortho intramolecular Hbond substituents is 1. The quantitative estimate of drug-likeness (QED) is 0.822. The fourth-order valence-corrected chi connectivity index (χ4v) is 2.78. The van der Waals surface area contributed by atoms with Crippen molar-refractivity contribution in [1.29, 1.82) is 0 Å². The smallest absolute Gasteiger partial charge is 0.115 e. The van der Waals surface area contributed by atoms with Crippen LogP contribution >= 0.6 is 0 Å². The van der Waals surface area contributed by atoms with Gasteiger partial charge in [0.25, 0.3) is 0 Å². The third kappa shape index (κ3) is 2.76. The van der Waals surface area contributed by atoms with Crippen molar-refractivity contribution in [2.45, 2.75) is 32.1 Å². The molecule has 0 aliphatic heterocycles. The minimum absolute atomic E-state index is 0.309. The molecule has 2 unspecified atom stereocenters. The maximum absolute atomic E-state index is 9.42. The number of hydrogen-bond acceptors (Lipinski definition) is 2. The van der Waals surface area contributed by atoms with Gasteiger partial charge in [0.15, 0.2) is 0 Å². The molecule has 1 aliphatic carbocycles. The molecule has 0 bridgehead atoms. The van der Waals surface area contributed by atoms with Crippen LogP contribution in [0.5, 0.6) is 5.75 Å². The van der Waals surface area contributed by atoms with Gasteiger partial charge in [-0.2, -0.15) is 0 Å². The van der Waals surface area contributed by atoms with E-state index in [1.807, 2.05) is 12.1 Å². The first-order valence-corrected chi connectivity index (χ1v) is 6.18. The summed E-state index contributed by atoms with van der Waals surface area (Å²) >= 11 is 0. The minimum atomic E-state index is 0.309. The molecule has 1 fully saturated rings. The first-order valence-electron chi connectivity index (χ1n) is 6.18. The van der Waals surface area contributed by atoms with E-state index in [9.17, 15) is 10.2 Å². The van der Waals surface area contributed by atoms with Crippen molar-refractivity contribution in [3.8, 4) is 5.75 Å². The van der Waals surface area contributed by atoms with E-state index in [0.717, 1.165) is 12.8 Å². The molecular formula is C14H20O2. The molecule has 2 heteroatoms. The lowest BCUT2D eigenvalue weighted by molar-refractivity contribution is 0.134. The van der Waals surface area contributed by atoms with Gasteiger partial charge in [-0.15, -0.1) is 0 Å². The zero-order chi connectivity index (χ0) is 11.4. The molecule has 0 radical (unpaired) electrons. The number of phenols is 1. The molecule has 2 rings (SSSR count). The van der Waals surface area contributed by atoms with Crippen molar-refractivity contribution in [3.05, 3.63) is 29.8 Å². The lowest BCUT2D eigenvalue weighted by Gasteiger charge is -2.30. The number of benzene rings is 1. The van der Waals surface area contributed by atoms with Gasteiger partial charge >= 0.3 is 0 Å². The van der Waals surface area contributed by atoms with Crippen molar-refractivity contribution in [2.24, 2.45) is 11.8 Å². The van der Waals surface area contributed by atoms with E-state index in [1.54, 1.807) is 6.07 Å². The van der Waals surface area contributed by atoms with Crippen LogP contribution in [0.2, 0.25) is 0 Å². The zero-order valence-corrected chi connectivity index (χ0v) is 9.60. The molecule has 0 amide bonds. The average molecular weight is 220 g/mol. The first kappa shape index (κ1) is 11.5. The molecule has 0 heterocycles. The standard InChI is InChI=1S/C14H20O2/c15-10-13-6-2-1-5-12(13)8-11-4-3-7-14(16)9-11/h3-4,7,9,12-13,15-16H,1-2,5-6,8,10H2. The van der Waals surface area contributed by atoms with E-state index in [4.69, 9.17) is 0 Å². The summed E-state index contributed by atoms with van der Waals surface area (Å²) in [6.07, 6.45) is 5.88. The number of aliphatic hydroxyl groups excluding tert-OH is 1. The Morgan fingerprint density at radius 1 is 1.12 bits per heavy atom. The van der Waals surface area contributed by atoms with Crippen molar-refractivity contribution >= 4 is 0 Å². The van der Waals surface area contributed by atoms with Crippen molar-refractivity contribution in [3.63, 3.8) is 0 Å². The highest BCUT2D eigenvalue weighted by Gasteiger charge is 2.24. The van der Waals surface area contributed by atoms with Gasteiger partial charge in [0.1, 0.15) is 5.75 Å². The lowest BCUT2D eigenvalue weighted by atomic mass is 9.76. The summed E-state index contributed by atoms with van der Waals surface area (Å²) < 4.78 is 0. The van der Waals surface area contributed by atoms with Crippen LogP contribution in [0.15, 0.2) is 24.3 Å². The van der Waals surface area contributed by atoms with Gasteiger partial charge < -0.3 is 10.2 Å². The largest absolute Gasteiger partial charge is 0.508 e. The van der Waals surface area contributed by atoms with Crippen LogP contribution < -0.4 is 0 Å². The Balaban J connectivity index is 2.02. The monoisotopic (exact) mass is 220 g/mol. The molecule has 2 atom stereocenters. The van der Waals surface area contributed by atoms with Gasteiger partial charge in [-0.25, -0.2) is 0 Å². The van der Waals surface area contributed by atoms with Crippen molar-refractivity contribution in [2.75, 3.05) is 6.61 Å². The maximum Gasteiger partial charge on any atom is 0.115 e. The number of hydrogen-bond donors (Lipinski definition) is 2. The molecular weight excluding hydrogens is 200 g/mol. The summed E-state index contributed by atoms with van der Waals surface area (Å²) in [5, 5.41) is 18.8. The molecule has 2 nitrogen and oxygen atoms in total. The highest BCUT2D eigenvalue weighted by molar-refractivity contribution is 5.27. The number of rotatable bonds is 3. The Morgan fingerprint density at radius 3 is 2.56 bits per heavy atom. The summed E-state index contributed by atoms with van der Waals surface area (Å²) in [5.74, 6) is 1.38. The van der Waals surface area contributed by atoms with E-state index < -0.39 is 0 Å². The Morgan fingerprint density at radius 2 is 1.88 bits per heavy atom. The van der Waals surface area contributed by atoms with Gasteiger partial charge in [0, 0.05) is 6.61 Å². The van der Waals surface area contributed by atoms with Crippen LogP contribution in [0.4, 0.5) is 0 Å². The van der Waals surface area contributed by atoms with Crippen molar-refractivity contribution in [1.82, 2.24) is 0 Å². The van der Waals surface area contributed by atoms with E-state index >= 15 is 0 Å². The van der Waals surface area contributed by atoms with E-state index in [1.165, 1.54) is 24.8 Å². The van der Waals surface area contributed by atoms with Gasteiger partial charge in [-0.05, 0) is 48.8 Å². The molecule has 0 aromatic heterocycles. The molecule has 0 saturated heterocycles. The second-order valence-corrected chi connectivity index (χ2v) is 4.86. The van der Waals surface area contributed by atoms with Gasteiger partial charge in [0.05, 0.1) is 0 Å². The highest BCUT2D eigenvalue weighted by atomic mass is 16.3. The van der Waals surface area contributed by atoms with E-state index in [2.05, 4.69) is 6.07 Å². The lowest BCUT2D eigenvalue weighted by Crippen LogP contribution is -2.24. The summed E-state index contributed by atoms with van der Waals surface area (Å²) in [6, 6.07) is 7.49. The van der Waals surface area contributed by atoms with Crippen LogP contribution in [-0.2, 0) is 6.42 Å². The normalized spacial score (nSPS) is 25.6. The van der Waals surface area contributed by atoms with E-state index in [-0.39, 0.29) is 0 Å². The number of aromatic hydroxyl groups is 1. The van der Waals surface area contributed by atoms with Crippen LogP contribution in [0.1, 0.15) is 31.2 Å². The van der Waals surface area contributed by atoms with Gasteiger partial charge in [-0.1, -0.05) is 25.0 Å². The SMILES string of the molecule is OCC1CCCCC1Cc1cccc(O)c1. The second kappa shape index (κ2) is 5.35. The van der Waals surface area contributed by atoms with Crippen molar-refractivity contribution < 1.29 is 10.2 Å². The molecule has 2 N–H and O–H groups in total. The zero-order valence-electron chi connectivity index (χ0n) is 9.60. The minimum Gasteiger partial charge on any atom is -0.508 e. The maximum atomic E-state index is 9.42. The van der Waals surface area contributed by atoms with Crippen LogP contribution in [-0.4, -0.2) is 16.8 Å². The summed E-state index contributed by atoms with van der Waals surface area (Å²) in [4.78, 5) is 0.